The highest BCUT2D eigenvalue weighted by Crippen LogP contribution is 2.48. The van der Waals surface area contributed by atoms with Gasteiger partial charge in [0, 0.05) is 5.92 Å². The van der Waals surface area contributed by atoms with Gasteiger partial charge in [0.25, 0.3) is 0 Å². The van der Waals surface area contributed by atoms with Crippen molar-refractivity contribution in [3.8, 4) is 0 Å². The van der Waals surface area contributed by atoms with Crippen LogP contribution in [0.5, 0.6) is 0 Å². The molecule has 0 saturated heterocycles. The third-order valence-electron chi connectivity index (χ3n) is 4.71. The van der Waals surface area contributed by atoms with E-state index in [9.17, 15) is 0 Å². The summed E-state index contributed by atoms with van der Waals surface area (Å²) in [7, 11) is 1.81. The average molecular weight is 276 g/mol. The van der Waals surface area contributed by atoms with Crippen LogP contribution in [-0.2, 0) is 4.74 Å². The van der Waals surface area contributed by atoms with Crippen LogP contribution in [0.3, 0.4) is 0 Å². The molecule has 0 aromatic heterocycles. The maximum absolute atomic E-state index is 5.66. The second-order valence-electron chi connectivity index (χ2n) is 7.15. The molecule has 114 valence electrons. The molecule has 0 spiro atoms. The van der Waals surface area contributed by atoms with Crippen LogP contribution in [0.15, 0.2) is 35.1 Å². The zero-order valence-corrected chi connectivity index (χ0v) is 14.4. The van der Waals surface area contributed by atoms with Crippen LogP contribution < -0.4 is 0 Å². The average Bonchev–Trinajstić information content (AvgIpc) is 2.34. The van der Waals surface area contributed by atoms with Gasteiger partial charge in [0.15, 0.2) is 0 Å². The zero-order valence-electron chi connectivity index (χ0n) is 14.4. The minimum Gasteiger partial charge on any atom is -0.501 e. The second kappa shape index (κ2) is 7.15. The predicted octanol–water partition coefficient (Wildman–Crippen LogP) is 5.89. The lowest BCUT2D eigenvalue weighted by Crippen LogP contribution is -2.36. The molecule has 1 unspecified atom stereocenters. The first-order valence-corrected chi connectivity index (χ1v) is 7.79. The lowest BCUT2D eigenvalue weighted by atomic mass is 9.62. The van der Waals surface area contributed by atoms with Crippen molar-refractivity contribution in [1.29, 1.82) is 0 Å². The Hall–Kier alpha value is -0.980. The summed E-state index contributed by atoms with van der Waals surface area (Å²) < 4.78 is 5.66. The SMILES string of the molecule is COC1=CC[C@@H](CC=C(C)C)C(C)(C)C1CC=C(C)C. The first kappa shape index (κ1) is 17.1. The smallest absolute Gasteiger partial charge is 0.0955 e. The summed E-state index contributed by atoms with van der Waals surface area (Å²) in [5.41, 5.74) is 3.09. The molecule has 0 aliphatic heterocycles. The van der Waals surface area contributed by atoms with Crippen molar-refractivity contribution in [3.63, 3.8) is 0 Å². The molecule has 2 atom stereocenters. The summed E-state index contributed by atoms with van der Waals surface area (Å²) in [6, 6.07) is 0. The van der Waals surface area contributed by atoms with Gasteiger partial charge in [0.1, 0.15) is 0 Å². The molecule has 0 N–H and O–H groups in total. The Balaban J connectivity index is 2.98. The molecule has 0 radical (unpaired) electrons. The maximum atomic E-state index is 5.66. The number of allylic oxidation sites excluding steroid dienone is 6. The molecule has 20 heavy (non-hydrogen) atoms. The highest BCUT2D eigenvalue weighted by Gasteiger charge is 2.41. The van der Waals surface area contributed by atoms with E-state index in [0.717, 1.165) is 12.8 Å². The lowest BCUT2D eigenvalue weighted by Gasteiger charge is -2.44. The van der Waals surface area contributed by atoms with Crippen LogP contribution in [0.4, 0.5) is 0 Å². The van der Waals surface area contributed by atoms with Crippen LogP contribution >= 0.6 is 0 Å². The topological polar surface area (TPSA) is 9.23 Å². The first-order valence-electron chi connectivity index (χ1n) is 7.79. The number of rotatable bonds is 5. The van der Waals surface area contributed by atoms with Gasteiger partial charge in [-0.15, -0.1) is 0 Å². The van der Waals surface area contributed by atoms with Crippen molar-refractivity contribution < 1.29 is 4.74 Å². The molecule has 1 aliphatic carbocycles. The maximum Gasteiger partial charge on any atom is 0.0955 e. The van der Waals surface area contributed by atoms with Crippen molar-refractivity contribution in [2.45, 2.75) is 60.8 Å². The van der Waals surface area contributed by atoms with Crippen molar-refractivity contribution >= 4 is 0 Å². The summed E-state index contributed by atoms with van der Waals surface area (Å²) in [5.74, 6) is 2.37. The van der Waals surface area contributed by atoms with Crippen LogP contribution in [0, 0.1) is 17.3 Å². The fraction of sp³-hybridized carbons (Fsp3) is 0.684. The van der Waals surface area contributed by atoms with Gasteiger partial charge in [-0.1, -0.05) is 37.1 Å². The molecule has 0 aromatic rings. The molecule has 0 heterocycles. The van der Waals surface area contributed by atoms with Gasteiger partial charge >= 0.3 is 0 Å². The Morgan fingerprint density at radius 1 is 1.15 bits per heavy atom. The van der Waals surface area contributed by atoms with Crippen molar-refractivity contribution in [1.82, 2.24) is 0 Å². The fourth-order valence-corrected chi connectivity index (χ4v) is 3.13. The number of hydrogen-bond acceptors (Lipinski definition) is 1. The molecule has 1 heteroatoms. The van der Waals surface area contributed by atoms with Gasteiger partial charge in [-0.3, -0.25) is 0 Å². The Kier molecular flexibility index (Phi) is 6.10. The van der Waals surface area contributed by atoms with E-state index < -0.39 is 0 Å². The van der Waals surface area contributed by atoms with E-state index in [0.29, 0.717) is 11.8 Å². The summed E-state index contributed by atoms with van der Waals surface area (Å²) >= 11 is 0. The molecule has 0 bridgehead atoms. The van der Waals surface area contributed by atoms with Crippen LogP contribution in [0.25, 0.3) is 0 Å². The quantitative estimate of drug-likeness (QED) is 0.569. The minimum atomic E-state index is 0.276. The van der Waals surface area contributed by atoms with Crippen LogP contribution in [0.2, 0.25) is 0 Å². The Bertz CT molecular complexity index is 401. The minimum absolute atomic E-state index is 0.276. The van der Waals surface area contributed by atoms with Gasteiger partial charge in [-0.2, -0.15) is 0 Å². The normalized spacial score (nSPS) is 24.6. The Morgan fingerprint density at radius 3 is 2.20 bits per heavy atom. The monoisotopic (exact) mass is 276 g/mol. The second-order valence-corrected chi connectivity index (χ2v) is 7.15. The van der Waals surface area contributed by atoms with Gasteiger partial charge in [0.05, 0.1) is 12.9 Å². The zero-order chi connectivity index (χ0) is 15.3. The standard InChI is InChI=1S/C19H32O/c1-14(2)8-10-16-11-13-18(20-7)17(19(16,5)6)12-9-15(3)4/h8-9,13,16-17H,10-12H2,1-7H3/t16-,17?/m1/s1. The molecular weight excluding hydrogens is 244 g/mol. The summed E-state index contributed by atoms with van der Waals surface area (Å²) in [6.07, 6.45) is 10.4. The number of ether oxygens (including phenoxy) is 1. The summed E-state index contributed by atoms with van der Waals surface area (Å²) in [5, 5.41) is 0. The largest absolute Gasteiger partial charge is 0.501 e. The lowest BCUT2D eigenvalue weighted by molar-refractivity contribution is 0.0744. The van der Waals surface area contributed by atoms with Gasteiger partial charge < -0.3 is 4.74 Å². The highest BCUT2D eigenvalue weighted by atomic mass is 16.5. The first-order chi connectivity index (χ1) is 9.28. The van der Waals surface area contributed by atoms with Gasteiger partial charge in [-0.05, 0) is 64.4 Å². The number of hydrogen-bond donors (Lipinski definition) is 0. The third-order valence-corrected chi connectivity index (χ3v) is 4.71. The molecular formula is C19H32O. The molecule has 0 fully saturated rings. The van der Waals surface area contributed by atoms with Crippen LogP contribution in [0.1, 0.15) is 60.8 Å². The van der Waals surface area contributed by atoms with Crippen LogP contribution in [-0.4, -0.2) is 7.11 Å². The summed E-state index contributed by atoms with van der Waals surface area (Å²) in [6.45, 7) is 13.5. The van der Waals surface area contributed by atoms with E-state index in [1.165, 1.54) is 23.3 Å². The third kappa shape index (κ3) is 4.26. The van der Waals surface area contributed by atoms with E-state index in [1.807, 2.05) is 7.11 Å². The highest BCUT2D eigenvalue weighted by molar-refractivity contribution is 5.15. The Labute approximate surface area is 125 Å². The van der Waals surface area contributed by atoms with E-state index in [2.05, 4.69) is 59.8 Å². The molecule has 0 saturated carbocycles. The van der Waals surface area contributed by atoms with E-state index in [4.69, 9.17) is 4.74 Å². The molecule has 1 nitrogen and oxygen atoms in total. The van der Waals surface area contributed by atoms with Crippen molar-refractivity contribution in [2.75, 3.05) is 7.11 Å². The van der Waals surface area contributed by atoms with Gasteiger partial charge in [-0.25, -0.2) is 0 Å². The van der Waals surface area contributed by atoms with E-state index in [-0.39, 0.29) is 5.41 Å². The van der Waals surface area contributed by atoms with Crippen molar-refractivity contribution in [3.05, 3.63) is 35.1 Å². The fourth-order valence-electron chi connectivity index (χ4n) is 3.13. The molecule has 1 aliphatic rings. The van der Waals surface area contributed by atoms with E-state index >= 15 is 0 Å². The van der Waals surface area contributed by atoms with E-state index in [1.54, 1.807) is 0 Å². The summed E-state index contributed by atoms with van der Waals surface area (Å²) in [4.78, 5) is 0. The molecule has 0 amide bonds. The molecule has 0 aromatic carbocycles. The van der Waals surface area contributed by atoms with Crippen molar-refractivity contribution in [2.24, 2.45) is 17.3 Å². The Morgan fingerprint density at radius 2 is 1.70 bits per heavy atom. The predicted molar refractivity (Wildman–Crippen MR) is 88.6 cm³/mol. The van der Waals surface area contributed by atoms with Gasteiger partial charge in [0.2, 0.25) is 0 Å². The number of methoxy groups -OCH3 is 1. The molecule has 1 rings (SSSR count).